The molecule has 1 aliphatic carbocycles. The van der Waals surface area contributed by atoms with E-state index >= 15 is 0 Å². The summed E-state index contributed by atoms with van der Waals surface area (Å²) in [6.07, 6.45) is 3.24. The summed E-state index contributed by atoms with van der Waals surface area (Å²) in [5.41, 5.74) is -0.610. The van der Waals surface area contributed by atoms with Crippen LogP contribution in [0.3, 0.4) is 0 Å². The summed E-state index contributed by atoms with van der Waals surface area (Å²) in [4.78, 5) is 23.7. The number of rotatable bonds is 0. The average Bonchev–Trinajstić information content (AvgIpc) is 2.63. The fourth-order valence-electron chi connectivity index (χ4n) is 4.76. The molecule has 0 amide bonds. The summed E-state index contributed by atoms with van der Waals surface area (Å²) in [6, 6.07) is 0. The third kappa shape index (κ3) is 1.46. The smallest absolute Gasteiger partial charge is 0.311 e. The first kappa shape index (κ1) is 13.0. The zero-order valence-corrected chi connectivity index (χ0v) is 12.3. The van der Waals surface area contributed by atoms with E-state index in [0.717, 1.165) is 25.7 Å². The Balaban J connectivity index is 1.84. The number of carbonyl (C=O) groups excluding carboxylic acids is 1. The fourth-order valence-corrected chi connectivity index (χ4v) is 4.76. The molecule has 0 radical (unpaired) electrons. The van der Waals surface area contributed by atoms with Crippen LogP contribution >= 0.6 is 0 Å². The van der Waals surface area contributed by atoms with Crippen molar-refractivity contribution in [1.29, 1.82) is 0 Å². The molecule has 5 rings (SSSR count). The molecule has 0 N–H and O–H groups in total. The maximum atomic E-state index is 12.1. The van der Waals surface area contributed by atoms with E-state index in [1.165, 1.54) is 0 Å². The summed E-state index contributed by atoms with van der Waals surface area (Å²) >= 11 is 0. The van der Waals surface area contributed by atoms with Crippen molar-refractivity contribution in [1.82, 2.24) is 0 Å². The van der Waals surface area contributed by atoms with Crippen LogP contribution in [0.4, 0.5) is 0 Å². The van der Waals surface area contributed by atoms with Gasteiger partial charge in [-0.1, -0.05) is 13.8 Å². The third-order valence-electron chi connectivity index (χ3n) is 5.97. The standard InChI is InChI=1S/C15H22O5/c1-8-4-5-11-9(2)12(16)17-13-15(11)10(8)6-7-14(3,18-13)19-20-15/h8-11,13H,4-7H2,1-3H3/t8-,9+,10-,11-,13+,14+,15+/m0/s1. The zero-order chi connectivity index (χ0) is 14.1. The van der Waals surface area contributed by atoms with E-state index in [9.17, 15) is 4.79 Å². The Morgan fingerprint density at radius 2 is 1.90 bits per heavy atom. The van der Waals surface area contributed by atoms with Crippen LogP contribution in [0.25, 0.3) is 0 Å². The van der Waals surface area contributed by atoms with Gasteiger partial charge in [-0.15, -0.1) is 0 Å². The molecule has 0 aromatic carbocycles. The molecular weight excluding hydrogens is 260 g/mol. The monoisotopic (exact) mass is 282 g/mol. The Hall–Kier alpha value is -0.650. The lowest BCUT2D eigenvalue weighted by Gasteiger charge is -2.57. The number of ether oxygens (including phenoxy) is 2. The summed E-state index contributed by atoms with van der Waals surface area (Å²) in [7, 11) is 0. The van der Waals surface area contributed by atoms with Gasteiger partial charge < -0.3 is 9.47 Å². The van der Waals surface area contributed by atoms with Gasteiger partial charge in [0, 0.05) is 18.3 Å². The quantitative estimate of drug-likeness (QED) is 0.504. The minimum atomic E-state index is -0.793. The molecule has 20 heavy (non-hydrogen) atoms. The molecule has 112 valence electrons. The predicted octanol–water partition coefficient (Wildman–Crippen LogP) is 2.39. The molecule has 5 aliphatic rings. The number of hydrogen-bond acceptors (Lipinski definition) is 5. The van der Waals surface area contributed by atoms with Crippen LogP contribution in [0, 0.1) is 23.7 Å². The molecule has 2 bridgehead atoms. The molecule has 1 spiro atoms. The van der Waals surface area contributed by atoms with Gasteiger partial charge in [0.1, 0.15) is 0 Å². The van der Waals surface area contributed by atoms with Gasteiger partial charge in [-0.05, 0) is 32.1 Å². The van der Waals surface area contributed by atoms with Gasteiger partial charge in [0.25, 0.3) is 0 Å². The van der Waals surface area contributed by atoms with E-state index in [4.69, 9.17) is 19.2 Å². The highest BCUT2D eigenvalue weighted by Crippen LogP contribution is 2.59. The topological polar surface area (TPSA) is 54.0 Å². The molecule has 5 fully saturated rings. The first-order chi connectivity index (χ1) is 9.46. The molecule has 5 nitrogen and oxygen atoms in total. The number of hydrogen-bond donors (Lipinski definition) is 0. The predicted molar refractivity (Wildman–Crippen MR) is 68.0 cm³/mol. The lowest BCUT2D eigenvalue weighted by Crippen LogP contribution is -2.69. The van der Waals surface area contributed by atoms with Gasteiger partial charge in [-0.3, -0.25) is 4.79 Å². The summed E-state index contributed by atoms with van der Waals surface area (Å²) < 4.78 is 11.6. The van der Waals surface area contributed by atoms with Crippen LogP contribution in [0.15, 0.2) is 0 Å². The van der Waals surface area contributed by atoms with E-state index in [1.54, 1.807) is 0 Å². The van der Waals surface area contributed by atoms with E-state index in [1.807, 2.05) is 13.8 Å². The zero-order valence-electron chi connectivity index (χ0n) is 12.3. The van der Waals surface area contributed by atoms with E-state index in [2.05, 4.69) is 6.92 Å². The molecule has 5 heteroatoms. The van der Waals surface area contributed by atoms with Gasteiger partial charge in [0.05, 0.1) is 5.92 Å². The molecule has 1 saturated carbocycles. The van der Waals surface area contributed by atoms with Gasteiger partial charge in [0.2, 0.25) is 12.1 Å². The van der Waals surface area contributed by atoms with Crippen LogP contribution in [0.1, 0.15) is 46.5 Å². The minimum Gasteiger partial charge on any atom is -0.432 e. The average molecular weight is 282 g/mol. The second kappa shape index (κ2) is 3.96. The normalized spacial score (nSPS) is 57.8. The van der Waals surface area contributed by atoms with Gasteiger partial charge in [-0.25, -0.2) is 9.78 Å². The van der Waals surface area contributed by atoms with Crippen LogP contribution in [-0.4, -0.2) is 23.6 Å². The summed E-state index contributed by atoms with van der Waals surface area (Å²) in [5, 5.41) is 0. The van der Waals surface area contributed by atoms with Crippen molar-refractivity contribution in [3.05, 3.63) is 0 Å². The van der Waals surface area contributed by atoms with Crippen LogP contribution in [0.5, 0.6) is 0 Å². The number of esters is 1. The Kier molecular flexibility index (Phi) is 2.58. The Morgan fingerprint density at radius 1 is 1.10 bits per heavy atom. The summed E-state index contributed by atoms with van der Waals surface area (Å²) in [6.45, 7) is 6.06. The van der Waals surface area contributed by atoms with Crippen LogP contribution < -0.4 is 0 Å². The first-order valence-electron chi connectivity index (χ1n) is 7.71. The highest BCUT2D eigenvalue weighted by molar-refractivity contribution is 5.74. The molecular formula is C15H22O5. The maximum absolute atomic E-state index is 12.1. The maximum Gasteiger partial charge on any atom is 0.311 e. The SMILES string of the molecule is C[C@H]1CC[C@H]2[C@@H](C)C(=O)O[C@@H]3O[C@@]4(C)CC[C@@H]1[C@]32OO4. The second-order valence-corrected chi connectivity index (χ2v) is 7.14. The third-order valence-corrected chi connectivity index (χ3v) is 5.97. The van der Waals surface area contributed by atoms with Crippen molar-refractivity contribution in [2.75, 3.05) is 0 Å². The van der Waals surface area contributed by atoms with E-state index in [0.29, 0.717) is 11.8 Å². The Bertz CT molecular complexity index is 452. The first-order valence-corrected chi connectivity index (χ1v) is 7.71. The Labute approximate surface area is 118 Å². The molecule has 0 aromatic rings. The molecule has 4 heterocycles. The molecule has 4 saturated heterocycles. The molecule has 0 aromatic heterocycles. The lowest BCUT2D eigenvalue weighted by molar-refractivity contribution is -0.559. The van der Waals surface area contributed by atoms with Crippen molar-refractivity contribution in [3.63, 3.8) is 0 Å². The Morgan fingerprint density at radius 3 is 2.70 bits per heavy atom. The lowest BCUT2D eigenvalue weighted by atomic mass is 9.58. The summed E-state index contributed by atoms with van der Waals surface area (Å²) in [5.74, 6) is -0.137. The van der Waals surface area contributed by atoms with Crippen LogP contribution in [0.2, 0.25) is 0 Å². The molecule has 4 aliphatic heterocycles. The molecule has 7 atom stereocenters. The highest BCUT2D eigenvalue weighted by Gasteiger charge is 2.69. The van der Waals surface area contributed by atoms with Crippen molar-refractivity contribution >= 4 is 5.97 Å². The second-order valence-electron chi connectivity index (χ2n) is 7.14. The van der Waals surface area contributed by atoms with Crippen molar-refractivity contribution < 1.29 is 24.0 Å². The van der Waals surface area contributed by atoms with Gasteiger partial charge in [-0.2, -0.15) is 0 Å². The number of fused-ring (bicyclic) bond motifs is 2. The largest absolute Gasteiger partial charge is 0.432 e. The highest BCUT2D eigenvalue weighted by atomic mass is 17.3. The van der Waals surface area contributed by atoms with Crippen molar-refractivity contribution in [2.45, 2.75) is 64.1 Å². The van der Waals surface area contributed by atoms with Gasteiger partial charge in [0.15, 0.2) is 5.60 Å². The minimum absolute atomic E-state index is 0.123. The van der Waals surface area contributed by atoms with Crippen molar-refractivity contribution in [2.24, 2.45) is 23.7 Å². The van der Waals surface area contributed by atoms with E-state index < -0.39 is 17.7 Å². The number of carbonyl (C=O) groups is 1. The fraction of sp³-hybridized carbons (Fsp3) is 0.933. The van der Waals surface area contributed by atoms with Gasteiger partial charge >= 0.3 is 5.97 Å². The van der Waals surface area contributed by atoms with Crippen molar-refractivity contribution in [3.8, 4) is 0 Å². The van der Waals surface area contributed by atoms with E-state index in [-0.39, 0.29) is 17.8 Å². The molecule has 0 unspecified atom stereocenters. The van der Waals surface area contributed by atoms with Crippen LogP contribution in [-0.2, 0) is 24.0 Å².